The molecule has 1 fully saturated rings. The minimum Gasteiger partial charge on any atom is -0.384 e. The third kappa shape index (κ3) is 7.29. The standard InChI is InChI=1S/C38H44FN7/c1-8-12-33(28-17-30(39)21-32(19-28)40-15-16-46(6)7)34-22-36(43-25(34)5)37-35-20-29(23-41-38(35)45-44-37)26(9-2)18-31(10-3)42-24(4)27-13-11-14-27/h8-10,12,17-23,27,40,42-43H,1,3-4,11,13-16H2,2,5-7H3,(H,41,44,45)/b26-9+,31-18+,33-12-. The quantitative estimate of drug-likeness (QED) is 0.107. The van der Waals surface area contributed by atoms with Gasteiger partial charge in [0.25, 0.3) is 0 Å². The van der Waals surface area contributed by atoms with Gasteiger partial charge >= 0.3 is 0 Å². The topological polar surface area (TPSA) is 84.7 Å². The van der Waals surface area contributed by atoms with Gasteiger partial charge in [0.15, 0.2) is 5.65 Å². The largest absolute Gasteiger partial charge is 0.384 e. The van der Waals surface area contributed by atoms with E-state index in [1.807, 2.05) is 52.4 Å². The summed E-state index contributed by atoms with van der Waals surface area (Å²) in [7, 11) is 4.02. The van der Waals surface area contributed by atoms with E-state index >= 15 is 0 Å². The van der Waals surface area contributed by atoms with Gasteiger partial charge in [0.2, 0.25) is 0 Å². The molecule has 7 nitrogen and oxygen atoms in total. The molecule has 4 N–H and O–H groups in total. The number of anilines is 1. The molecular formula is C38H44FN7. The zero-order valence-corrected chi connectivity index (χ0v) is 27.3. The number of halogens is 1. The van der Waals surface area contributed by atoms with Crippen LogP contribution in [0.25, 0.3) is 33.6 Å². The molecule has 8 heteroatoms. The van der Waals surface area contributed by atoms with Gasteiger partial charge in [-0.3, -0.25) is 5.10 Å². The molecule has 0 bridgehead atoms. The minimum absolute atomic E-state index is 0.303. The molecule has 3 aromatic heterocycles. The van der Waals surface area contributed by atoms with E-state index in [1.165, 1.54) is 25.3 Å². The van der Waals surface area contributed by atoms with Gasteiger partial charge in [-0.2, -0.15) is 5.10 Å². The molecule has 1 aromatic carbocycles. The fourth-order valence-electron chi connectivity index (χ4n) is 5.66. The fraction of sp³-hybridized carbons (Fsp3) is 0.263. The number of allylic oxidation sites excluding steroid dienone is 7. The first-order valence-electron chi connectivity index (χ1n) is 15.7. The second kappa shape index (κ2) is 14.4. The van der Waals surface area contributed by atoms with Crippen molar-refractivity contribution in [3.8, 4) is 11.4 Å². The van der Waals surface area contributed by atoms with E-state index in [0.717, 1.165) is 73.9 Å². The van der Waals surface area contributed by atoms with Crippen LogP contribution in [0.2, 0.25) is 0 Å². The van der Waals surface area contributed by atoms with E-state index < -0.39 is 0 Å². The van der Waals surface area contributed by atoms with Gasteiger partial charge in [0.1, 0.15) is 5.82 Å². The molecule has 0 aliphatic heterocycles. The number of aromatic amines is 2. The molecule has 0 saturated heterocycles. The summed E-state index contributed by atoms with van der Waals surface area (Å²) in [6.45, 7) is 17.8. The van der Waals surface area contributed by atoms with Crippen LogP contribution < -0.4 is 10.6 Å². The van der Waals surface area contributed by atoms with Crippen LogP contribution in [0.3, 0.4) is 0 Å². The van der Waals surface area contributed by atoms with Crippen molar-refractivity contribution in [3.63, 3.8) is 0 Å². The van der Waals surface area contributed by atoms with Crippen LogP contribution in [0, 0.1) is 18.7 Å². The highest BCUT2D eigenvalue weighted by molar-refractivity contribution is 5.94. The highest BCUT2D eigenvalue weighted by atomic mass is 19.1. The summed E-state index contributed by atoms with van der Waals surface area (Å²) in [6, 6.07) is 9.22. The summed E-state index contributed by atoms with van der Waals surface area (Å²) in [5.41, 5.74) is 10.4. The van der Waals surface area contributed by atoms with Gasteiger partial charge in [-0.15, -0.1) is 0 Å². The first-order valence-corrected chi connectivity index (χ1v) is 15.7. The van der Waals surface area contributed by atoms with Crippen LogP contribution in [0.1, 0.15) is 48.6 Å². The molecule has 1 aliphatic carbocycles. The Labute approximate surface area is 271 Å². The van der Waals surface area contributed by atoms with Crippen LogP contribution in [0.15, 0.2) is 98.0 Å². The van der Waals surface area contributed by atoms with E-state index in [-0.39, 0.29) is 5.82 Å². The molecule has 0 atom stereocenters. The Balaban J connectivity index is 1.47. The number of H-pyrrole nitrogens is 2. The molecule has 0 spiro atoms. The maximum atomic E-state index is 14.8. The molecule has 1 aliphatic rings. The van der Waals surface area contributed by atoms with Gasteiger partial charge in [-0.1, -0.05) is 44.4 Å². The number of aromatic nitrogens is 4. The molecule has 46 heavy (non-hydrogen) atoms. The number of likely N-dealkylation sites (N-methyl/N-ethyl adjacent to an activating group) is 1. The number of aryl methyl sites for hydroxylation is 1. The second-order valence-corrected chi connectivity index (χ2v) is 12.0. The minimum atomic E-state index is -0.303. The van der Waals surface area contributed by atoms with E-state index in [9.17, 15) is 4.39 Å². The molecule has 3 heterocycles. The average Bonchev–Trinajstić information content (AvgIpc) is 3.59. The maximum absolute atomic E-state index is 14.8. The summed E-state index contributed by atoms with van der Waals surface area (Å²) in [6.07, 6.45) is 15.1. The van der Waals surface area contributed by atoms with Crippen LogP contribution in [0.4, 0.5) is 10.1 Å². The van der Waals surface area contributed by atoms with Gasteiger partial charge in [-0.05, 0) is 106 Å². The normalized spacial score (nSPS) is 14.4. The third-order valence-electron chi connectivity index (χ3n) is 8.44. The number of benzene rings is 1. The van der Waals surface area contributed by atoms with Crippen molar-refractivity contribution in [3.05, 3.63) is 126 Å². The molecule has 1 saturated carbocycles. The van der Waals surface area contributed by atoms with E-state index in [2.05, 4.69) is 79.7 Å². The zero-order valence-electron chi connectivity index (χ0n) is 27.3. The smallest absolute Gasteiger partial charge is 0.181 e. The van der Waals surface area contributed by atoms with Crippen molar-refractivity contribution in [2.24, 2.45) is 5.92 Å². The van der Waals surface area contributed by atoms with Gasteiger partial charge in [0, 0.05) is 58.6 Å². The maximum Gasteiger partial charge on any atom is 0.181 e. The van der Waals surface area contributed by atoms with Gasteiger partial charge < -0.3 is 20.5 Å². The average molecular weight is 618 g/mol. The molecule has 4 aromatic rings. The van der Waals surface area contributed by atoms with Crippen molar-refractivity contribution < 1.29 is 4.39 Å². The first-order chi connectivity index (χ1) is 22.2. The summed E-state index contributed by atoms with van der Waals surface area (Å²) >= 11 is 0. The number of rotatable bonds is 14. The zero-order chi connectivity index (χ0) is 32.8. The number of nitrogens with zero attached hydrogens (tertiary/aromatic N) is 3. The van der Waals surface area contributed by atoms with Crippen LogP contribution >= 0.6 is 0 Å². The monoisotopic (exact) mass is 617 g/mol. The number of hydrogen-bond donors (Lipinski definition) is 4. The Morgan fingerprint density at radius 3 is 2.61 bits per heavy atom. The van der Waals surface area contributed by atoms with Gasteiger partial charge in [0.05, 0.1) is 11.4 Å². The van der Waals surface area contributed by atoms with Crippen LogP contribution in [0.5, 0.6) is 0 Å². The molecule has 0 amide bonds. The van der Waals surface area contributed by atoms with Crippen molar-refractivity contribution in [2.45, 2.75) is 33.1 Å². The van der Waals surface area contributed by atoms with E-state index in [0.29, 0.717) is 18.1 Å². The van der Waals surface area contributed by atoms with Crippen molar-refractivity contribution in [1.82, 2.24) is 30.4 Å². The number of nitrogens with one attached hydrogen (secondary N) is 4. The Kier molecular flexibility index (Phi) is 10.2. The third-order valence-corrected chi connectivity index (χ3v) is 8.44. The van der Waals surface area contributed by atoms with Crippen molar-refractivity contribution >= 4 is 27.9 Å². The summed E-state index contributed by atoms with van der Waals surface area (Å²) in [5.74, 6) is 0.218. The highest BCUT2D eigenvalue weighted by Crippen LogP contribution is 2.35. The molecule has 0 radical (unpaired) electrons. The summed E-state index contributed by atoms with van der Waals surface area (Å²) in [5, 5.41) is 15.4. The van der Waals surface area contributed by atoms with Crippen molar-refractivity contribution in [1.29, 1.82) is 0 Å². The number of fused-ring (bicyclic) bond motifs is 1. The van der Waals surface area contributed by atoms with E-state index in [4.69, 9.17) is 0 Å². The molecule has 238 valence electrons. The van der Waals surface area contributed by atoms with Crippen LogP contribution in [-0.2, 0) is 0 Å². The second-order valence-electron chi connectivity index (χ2n) is 12.0. The lowest BCUT2D eigenvalue weighted by atomic mass is 9.83. The Morgan fingerprint density at radius 1 is 1.13 bits per heavy atom. The van der Waals surface area contributed by atoms with Crippen molar-refractivity contribution in [2.75, 3.05) is 32.5 Å². The Morgan fingerprint density at radius 2 is 1.93 bits per heavy atom. The Bertz CT molecular complexity index is 1850. The number of hydrogen-bond acceptors (Lipinski definition) is 5. The molecule has 0 unspecified atom stereocenters. The lowest BCUT2D eigenvalue weighted by Gasteiger charge is -2.28. The first kappa shape index (κ1) is 32.4. The van der Waals surface area contributed by atoms with Crippen LogP contribution in [-0.4, -0.2) is 52.3 Å². The lowest BCUT2D eigenvalue weighted by Crippen LogP contribution is -2.23. The predicted octanol–water partition coefficient (Wildman–Crippen LogP) is 8.37. The highest BCUT2D eigenvalue weighted by Gasteiger charge is 2.21. The predicted molar refractivity (Wildman–Crippen MR) is 191 cm³/mol. The SMILES string of the molecule is C=C/C=C(/c1cc(F)cc(NCCN(C)C)c1)c1cc(-c2[nH]nc3ncc(C(/C=C(\C=C)NC(=C)C4CCC4)=C/C)cc23)[nH]c1C. The van der Waals surface area contributed by atoms with E-state index in [1.54, 1.807) is 12.1 Å². The molecule has 5 rings (SSSR count). The van der Waals surface area contributed by atoms with Gasteiger partial charge in [-0.25, -0.2) is 9.37 Å². The number of pyridine rings is 1. The lowest BCUT2D eigenvalue weighted by molar-refractivity contribution is 0.356. The summed E-state index contributed by atoms with van der Waals surface area (Å²) < 4.78 is 14.8. The molecular weight excluding hydrogens is 573 g/mol. The summed E-state index contributed by atoms with van der Waals surface area (Å²) in [4.78, 5) is 10.3. The fourth-order valence-corrected chi connectivity index (χ4v) is 5.66. The Hall–Kier alpha value is -4.95.